The van der Waals surface area contributed by atoms with Crippen molar-refractivity contribution in [2.45, 2.75) is 13.3 Å². The maximum atomic E-state index is 14.4. The molecule has 124 valence electrons. The van der Waals surface area contributed by atoms with Gasteiger partial charge in [-0.05, 0) is 30.7 Å². The van der Waals surface area contributed by atoms with Gasteiger partial charge in [-0.2, -0.15) is 5.10 Å². The van der Waals surface area contributed by atoms with Crippen LogP contribution in [0.4, 0.5) is 10.1 Å². The number of hydrogen-bond acceptors (Lipinski definition) is 4. The molecule has 3 rings (SSSR count). The Balaban J connectivity index is 2.16. The summed E-state index contributed by atoms with van der Waals surface area (Å²) in [6, 6.07) is 7.99. The quantitative estimate of drug-likeness (QED) is 0.797. The van der Waals surface area contributed by atoms with Crippen molar-refractivity contribution in [3.05, 3.63) is 47.5 Å². The molecule has 0 fully saturated rings. The van der Waals surface area contributed by atoms with E-state index >= 15 is 0 Å². The van der Waals surface area contributed by atoms with E-state index in [9.17, 15) is 9.18 Å². The van der Waals surface area contributed by atoms with E-state index in [0.29, 0.717) is 29.0 Å². The van der Waals surface area contributed by atoms with Crippen molar-refractivity contribution in [2.24, 2.45) is 0 Å². The Morgan fingerprint density at radius 3 is 2.62 bits per heavy atom. The van der Waals surface area contributed by atoms with Crippen molar-refractivity contribution in [3.63, 3.8) is 0 Å². The standard InChI is InChI=1S/C17H17FN4O2/c1-4-10-8-15(17(23)24)19-16-9-14(20-22(10)16)12-6-5-11(21(2)3)7-13(12)18/h5-9H,4H2,1-3H3,(H,23,24). The van der Waals surface area contributed by atoms with Gasteiger partial charge in [-0.25, -0.2) is 18.7 Å². The molecule has 0 amide bonds. The fourth-order valence-electron chi connectivity index (χ4n) is 2.52. The molecule has 0 aliphatic rings. The summed E-state index contributed by atoms with van der Waals surface area (Å²) in [6.45, 7) is 1.90. The summed E-state index contributed by atoms with van der Waals surface area (Å²) in [5, 5.41) is 13.6. The minimum atomic E-state index is -1.10. The molecule has 0 aliphatic carbocycles. The van der Waals surface area contributed by atoms with Crippen molar-refractivity contribution >= 4 is 17.3 Å². The number of anilines is 1. The van der Waals surface area contributed by atoms with Gasteiger partial charge in [0.15, 0.2) is 11.3 Å². The average Bonchev–Trinajstić information content (AvgIpc) is 2.97. The molecular weight excluding hydrogens is 311 g/mol. The summed E-state index contributed by atoms with van der Waals surface area (Å²) >= 11 is 0. The van der Waals surface area contributed by atoms with Gasteiger partial charge >= 0.3 is 5.97 Å². The zero-order chi connectivity index (χ0) is 17.4. The highest BCUT2D eigenvalue weighted by Crippen LogP contribution is 2.26. The third-order valence-corrected chi connectivity index (χ3v) is 3.83. The molecule has 2 aromatic heterocycles. The number of benzene rings is 1. The van der Waals surface area contributed by atoms with Crippen LogP contribution in [0, 0.1) is 5.82 Å². The summed E-state index contributed by atoms with van der Waals surface area (Å²) in [5.41, 5.74) is 2.56. The van der Waals surface area contributed by atoms with E-state index < -0.39 is 5.97 Å². The highest BCUT2D eigenvalue weighted by atomic mass is 19.1. The number of carboxylic acid groups (broad SMARTS) is 1. The topological polar surface area (TPSA) is 70.7 Å². The zero-order valence-corrected chi connectivity index (χ0v) is 13.6. The van der Waals surface area contributed by atoms with Crippen LogP contribution in [-0.4, -0.2) is 39.8 Å². The molecule has 0 unspecified atom stereocenters. The molecule has 6 nitrogen and oxygen atoms in total. The first-order chi connectivity index (χ1) is 11.4. The van der Waals surface area contributed by atoms with Crippen LogP contribution in [-0.2, 0) is 6.42 Å². The highest BCUT2D eigenvalue weighted by molar-refractivity contribution is 5.86. The Hall–Kier alpha value is -2.96. The number of aromatic nitrogens is 3. The Kier molecular flexibility index (Phi) is 3.92. The van der Waals surface area contributed by atoms with E-state index in [1.807, 2.05) is 25.9 Å². The summed E-state index contributed by atoms with van der Waals surface area (Å²) < 4.78 is 16.0. The van der Waals surface area contributed by atoms with Gasteiger partial charge in [-0.3, -0.25) is 0 Å². The van der Waals surface area contributed by atoms with Gasteiger partial charge in [-0.15, -0.1) is 0 Å². The van der Waals surface area contributed by atoms with E-state index in [1.165, 1.54) is 12.1 Å². The zero-order valence-electron chi connectivity index (χ0n) is 13.6. The molecule has 3 aromatic rings. The van der Waals surface area contributed by atoms with Crippen LogP contribution < -0.4 is 4.90 Å². The predicted molar refractivity (Wildman–Crippen MR) is 89.0 cm³/mol. The highest BCUT2D eigenvalue weighted by Gasteiger charge is 2.15. The van der Waals surface area contributed by atoms with Gasteiger partial charge < -0.3 is 10.0 Å². The Morgan fingerprint density at radius 1 is 1.29 bits per heavy atom. The Morgan fingerprint density at radius 2 is 2.04 bits per heavy atom. The third kappa shape index (κ3) is 2.68. The minimum absolute atomic E-state index is 0.0470. The number of fused-ring (bicyclic) bond motifs is 1. The maximum absolute atomic E-state index is 14.4. The molecule has 1 N–H and O–H groups in total. The second-order valence-electron chi connectivity index (χ2n) is 5.65. The number of hydrogen-bond donors (Lipinski definition) is 1. The molecule has 0 radical (unpaired) electrons. The van der Waals surface area contributed by atoms with Crippen LogP contribution in [0.5, 0.6) is 0 Å². The third-order valence-electron chi connectivity index (χ3n) is 3.83. The second kappa shape index (κ2) is 5.92. The number of nitrogens with zero attached hydrogens (tertiary/aromatic N) is 4. The van der Waals surface area contributed by atoms with Crippen LogP contribution in [0.1, 0.15) is 23.1 Å². The average molecular weight is 328 g/mol. The van der Waals surface area contributed by atoms with Gasteiger partial charge in [0.25, 0.3) is 0 Å². The van der Waals surface area contributed by atoms with Gasteiger partial charge in [0.05, 0.1) is 5.69 Å². The summed E-state index contributed by atoms with van der Waals surface area (Å²) in [4.78, 5) is 17.1. The SMILES string of the molecule is CCc1cc(C(=O)O)nc2cc(-c3ccc(N(C)C)cc3F)nn12. The largest absolute Gasteiger partial charge is 0.477 e. The van der Waals surface area contributed by atoms with Crippen molar-refractivity contribution < 1.29 is 14.3 Å². The fraction of sp³-hybridized carbons (Fsp3) is 0.235. The molecule has 0 aliphatic heterocycles. The van der Waals surface area contributed by atoms with E-state index in [0.717, 1.165) is 5.69 Å². The first-order valence-electron chi connectivity index (χ1n) is 7.51. The molecular formula is C17H17FN4O2. The van der Waals surface area contributed by atoms with Crippen LogP contribution in [0.15, 0.2) is 30.3 Å². The number of carbonyl (C=O) groups is 1. The lowest BCUT2D eigenvalue weighted by molar-refractivity contribution is 0.0690. The molecule has 0 saturated heterocycles. The van der Waals surface area contributed by atoms with Gasteiger partial charge in [-0.1, -0.05) is 6.92 Å². The number of rotatable bonds is 4. The molecule has 0 spiro atoms. The van der Waals surface area contributed by atoms with Gasteiger partial charge in [0, 0.05) is 37.1 Å². The smallest absolute Gasteiger partial charge is 0.354 e. The number of aryl methyl sites for hydroxylation is 1. The van der Waals surface area contributed by atoms with E-state index in [2.05, 4.69) is 10.1 Å². The first-order valence-corrected chi connectivity index (χ1v) is 7.51. The lowest BCUT2D eigenvalue weighted by Gasteiger charge is -2.12. The monoisotopic (exact) mass is 328 g/mol. The molecule has 7 heteroatoms. The van der Waals surface area contributed by atoms with Crippen molar-refractivity contribution in [1.29, 1.82) is 0 Å². The molecule has 0 bridgehead atoms. The number of aromatic carboxylic acids is 1. The predicted octanol–water partition coefficient (Wildman–Crippen LogP) is 2.86. The van der Waals surface area contributed by atoms with Crippen molar-refractivity contribution in [2.75, 3.05) is 19.0 Å². The molecule has 1 aromatic carbocycles. The normalized spacial score (nSPS) is 11.0. The van der Waals surface area contributed by atoms with Crippen molar-refractivity contribution in [3.8, 4) is 11.3 Å². The molecule has 24 heavy (non-hydrogen) atoms. The minimum Gasteiger partial charge on any atom is -0.477 e. The lowest BCUT2D eigenvalue weighted by atomic mass is 10.1. The van der Waals surface area contributed by atoms with Gasteiger partial charge in [0.1, 0.15) is 5.82 Å². The molecule has 2 heterocycles. The van der Waals surface area contributed by atoms with Crippen LogP contribution in [0.3, 0.4) is 0 Å². The van der Waals surface area contributed by atoms with E-state index in [1.54, 1.807) is 22.7 Å². The first kappa shape index (κ1) is 15.9. The maximum Gasteiger partial charge on any atom is 0.354 e. The number of carboxylic acids is 1. The summed E-state index contributed by atoms with van der Waals surface area (Å²) in [6.07, 6.45) is 0.586. The Bertz CT molecular complexity index is 934. The fourth-order valence-corrected chi connectivity index (χ4v) is 2.52. The summed E-state index contributed by atoms with van der Waals surface area (Å²) in [5.74, 6) is -1.49. The number of halogens is 1. The van der Waals surface area contributed by atoms with E-state index in [4.69, 9.17) is 5.11 Å². The van der Waals surface area contributed by atoms with Crippen molar-refractivity contribution in [1.82, 2.24) is 14.6 Å². The van der Waals surface area contributed by atoms with E-state index in [-0.39, 0.29) is 11.5 Å². The summed E-state index contributed by atoms with van der Waals surface area (Å²) in [7, 11) is 3.68. The Labute approximate surface area is 138 Å². The molecule has 0 atom stereocenters. The molecule has 0 saturated carbocycles. The van der Waals surface area contributed by atoms with Crippen LogP contribution in [0.25, 0.3) is 16.9 Å². The second-order valence-corrected chi connectivity index (χ2v) is 5.65. The van der Waals surface area contributed by atoms with Crippen LogP contribution >= 0.6 is 0 Å². The lowest BCUT2D eigenvalue weighted by Crippen LogP contribution is -2.08. The van der Waals surface area contributed by atoms with Gasteiger partial charge in [0.2, 0.25) is 0 Å². The van der Waals surface area contributed by atoms with Crippen LogP contribution in [0.2, 0.25) is 0 Å².